The maximum absolute atomic E-state index is 11.9. The minimum atomic E-state index is -0.139. The molecule has 0 saturated carbocycles. The van der Waals surface area contributed by atoms with Gasteiger partial charge in [0.1, 0.15) is 5.75 Å². The Labute approximate surface area is 137 Å². The number of hydrogen-bond acceptors (Lipinski definition) is 3. The molecule has 23 heavy (non-hydrogen) atoms. The van der Waals surface area contributed by atoms with Gasteiger partial charge in [-0.1, -0.05) is 43.3 Å². The summed E-state index contributed by atoms with van der Waals surface area (Å²) in [4.78, 5) is 11.9. The Kier molecular flexibility index (Phi) is 6.36. The molecule has 2 aromatic carbocycles. The van der Waals surface area contributed by atoms with Crippen LogP contribution in [0.15, 0.2) is 53.6 Å². The van der Waals surface area contributed by atoms with Gasteiger partial charge in [0.05, 0.1) is 19.2 Å². The van der Waals surface area contributed by atoms with Crippen LogP contribution in [0.2, 0.25) is 0 Å². The Hall–Kier alpha value is -2.62. The minimum Gasteiger partial charge on any atom is -0.493 e. The predicted octanol–water partition coefficient (Wildman–Crippen LogP) is 3.34. The Balaban J connectivity index is 1.90. The molecule has 4 heteroatoms. The molecule has 0 fully saturated rings. The molecular weight excluding hydrogens is 288 g/mol. The molecule has 2 aromatic rings. The van der Waals surface area contributed by atoms with Crippen LogP contribution in [0, 0.1) is 0 Å². The zero-order valence-electron chi connectivity index (χ0n) is 13.6. The third kappa shape index (κ3) is 5.25. The molecule has 0 aliphatic heterocycles. The monoisotopic (exact) mass is 310 g/mol. The Morgan fingerprint density at radius 1 is 1.09 bits per heavy atom. The number of hydrogen-bond donors (Lipinski definition) is 1. The van der Waals surface area contributed by atoms with Gasteiger partial charge in [-0.3, -0.25) is 4.79 Å². The van der Waals surface area contributed by atoms with E-state index in [2.05, 4.69) is 17.5 Å². The second kappa shape index (κ2) is 8.73. The van der Waals surface area contributed by atoms with E-state index in [4.69, 9.17) is 4.74 Å². The number of carbonyl (C=O) groups excluding carboxylic acids is 1. The summed E-state index contributed by atoms with van der Waals surface area (Å²) in [6, 6.07) is 15.6. The number of carbonyl (C=O) groups is 1. The van der Waals surface area contributed by atoms with Crippen molar-refractivity contribution < 1.29 is 9.53 Å². The highest BCUT2D eigenvalue weighted by Gasteiger charge is 2.03. The summed E-state index contributed by atoms with van der Waals surface area (Å²) < 4.78 is 5.51. The van der Waals surface area contributed by atoms with Gasteiger partial charge in [0.15, 0.2) is 0 Å². The van der Waals surface area contributed by atoms with Gasteiger partial charge in [-0.15, -0.1) is 0 Å². The largest absolute Gasteiger partial charge is 0.493 e. The van der Waals surface area contributed by atoms with E-state index in [0.29, 0.717) is 13.0 Å². The second-order valence-corrected chi connectivity index (χ2v) is 5.11. The van der Waals surface area contributed by atoms with E-state index < -0.39 is 0 Å². The van der Waals surface area contributed by atoms with E-state index in [1.54, 1.807) is 6.21 Å². The molecule has 0 atom stereocenters. The standard InChI is InChI=1S/C19H22N2O2/c1-3-15-9-11-16(12-10-15)13-19(22)21-20-14-17-7-5-6-8-18(17)23-4-2/h5-12,14H,3-4,13H2,1-2H3,(H,21,22)/b20-14+. The third-order valence-electron chi connectivity index (χ3n) is 3.41. The van der Waals surface area contributed by atoms with Gasteiger partial charge in [0.25, 0.3) is 0 Å². The molecule has 1 N–H and O–H groups in total. The molecular formula is C19H22N2O2. The van der Waals surface area contributed by atoms with Gasteiger partial charge in [0, 0.05) is 5.56 Å². The van der Waals surface area contributed by atoms with Crippen LogP contribution in [0.4, 0.5) is 0 Å². The highest BCUT2D eigenvalue weighted by molar-refractivity contribution is 5.85. The molecule has 0 saturated heterocycles. The Morgan fingerprint density at radius 2 is 1.78 bits per heavy atom. The van der Waals surface area contributed by atoms with Crippen LogP contribution in [-0.4, -0.2) is 18.7 Å². The number of para-hydroxylation sites is 1. The van der Waals surface area contributed by atoms with Crippen molar-refractivity contribution in [3.8, 4) is 5.75 Å². The number of hydrazone groups is 1. The SMILES string of the molecule is CCOc1ccccc1/C=N/NC(=O)Cc1ccc(CC)cc1. The molecule has 120 valence electrons. The van der Waals surface area contributed by atoms with Crippen LogP contribution in [0.25, 0.3) is 0 Å². The normalized spacial score (nSPS) is 10.7. The fraction of sp³-hybridized carbons (Fsp3) is 0.263. The van der Waals surface area contributed by atoms with Crippen LogP contribution in [-0.2, 0) is 17.6 Å². The van der Waals surface area contributed by atoms with E-state index in [9.17, 15) is 4.79 Å². The van der Waals surface area contributed by atoms with Crippen molar-refractivity contribution in [2.45, 2.75) is 26.7 Å². The topological polar surface area (TPSA) is 50.7 Å². The van der Waals surface area contributed by atoms with Crippen molar-refractivity contribution in [2.75, 3.05) is 6.61 Å². The molecule has 1 amide bonds. The number of aryl methyl sites for hydroxylation is 1. The zero-order valence-corrected chi connectivity index (χ0v) is 13.6. The lowest BCUT2D eigenvalue weighted by Gasteiger charge is -2.06. The summed E-state index contributed by atoms with van der Waals surface area (Å²) in [6.45, 7) is 4.63. The smallest absolute Gasteiger partial charge is 0.244 e. The van der Waals surface area contributed by atoms with Gasteiger partial charge in [0.2, 0.25) is 5.91 Å². The summed E-state index contributed by atoms with van der Waals surface area (Å²) in [7, 11) is 0. The van der Waals surface area contributed by atoms with Crippen molar-refractivity contribution in [3.05, 3.63) is 65.2 Å². The average Bonchev–Trinajstić information content (AvgIpc) is 2.57. The summed E-state index contributed by atoms with van der Waals surface area (Å²) >= 11 is 0. The minimum absolute atomic E-state index is 0.139. The highest BCUT2D eigenvalue weighted by atomic mass is 16.5. The average molecular weight is 310 g/mol. The number of amides is 1. The molecule has 0 aliphatic rings. The van der Waals surface area contributed by atoms with Crippen LogP contribution in [0.3, 0.4) is 0 Å². The maximum Gasteiger partial charge on any atom is 0.244 e. The van der Waals surface area contributed by atoms with Crippen molar-refractivity contribution in [1.29, 1.82) is 0 Å². The molecule has 0 aliphatic carbocycles. The second-order valence-electron chi connectivity index (χ2n) is 5.11. The van der Waals surface area contributed by atoms with E-state index >= 15 is 0 Å². The predicted molar refractivity (Wildman–Crippen MR) is 92.9 cm³/mol. The zero-order chi connectivity index (χ0) is 16.5. The molecule has 0 spiro atoms. The Bertz CT molecular complexity index is 663. The first-order valence-corrected chi connectivity index (χ1v) is 7.84. The first kappa shape index (κ1) is 16.7. The Morgan fingerprint density at radius 3 is 2.48 bits per heavy atom. The van der Waals surface area contributed by atoms with Crippen molar-refractivity contribution >= 4 is 12.1 Å². The molecule has 0 heterocycles. The molecule has 0 aromatic heterocycles. The fourth-order valence-corrected chi connectivity index (χ4v) is 2.17. The van der Waals surface area contributed by atoms with E-state index in [-0.39, 0.29) is 5.91 Å². The lowest BCUT2D eigenvalue weighted by Crippen LogP contribution is -2.19. The van der Waals surface area contributed by atoms with Gasteiger partial charge in [-0.2, -0.15) is 5.10 Å². The first-order valence-electron chi connectivity index (χ1n) is 7.84. The maximum atomic E-state index is 11.9. The summed E-state index contributed by atoms with van der Waals surface area (Å²) in [5.74, 6) is 0.613. The number of nitrogens with zero attached hydrogens (tertiary/aromatic N) is 1. The van der Waals surface area contributed by atoms with Gasteiger partial charge in [-0.05, 0) is 36.6 Å². The molecule has 2 rings (SSSR count). The lowest BCUT2D eigenvalue weighted by molar-refractivity contribution is -0.120. The van der Waals surface area contributed by atoms with Gasteiger partial charge >= 0.3 is 0 Å². The van der Waals surface area contributed by atoms with E-state index in [1.165, 1.54) is 5.56 Å². The number of ether oxygens (including phenoxy) is 1. The quantitative estimate of drug-likeness (QED) is 0.630. The fourth-order valence-electron chi connectivity index (χ4n) is 2.17. The molecule has 0 bridgehead atoms. The summed E-state index contributed by atoms with van der Waals surface area (Å²) in [5, 5.41) is 4.01. The number of rotatable bonds is 7. The van der Waals surface area contributed by atoms with Crippen LogP contribution in [0.1, 0.15) is 30.5 Å². The number of benzene rings is 2. The van der Waals surface area contributed by atoms with Gasteiger partial charge < -0.3 is 4.74 Å². The van der Waals surface area contributed by atoms with Crippen LogP contribution in [0.5, 0.6) is 5.75 Å². The van der Waals surface area contributed by atoms with Crippen molar-refractivity contribution in [1.82, 2.24) is 5.43 Å². The van der Waals surface area contributed by atoms with E-state index in [0.717, 1.165) is 23.3 Å². The van der Waals surface area contributed by atoms with Crippen LogP contribution >= 0.6 is 0 Å². The lowest BCUT2D eigenvalue weighted by atomic mass is 10.1. The summed E-state index contributed by atoms with van der Waals surface area (Å²) in [5.41, 5.74) is 5.63. The summed E-state index contributed by atoms with van der Waals surface area (Å²) in [6.07, 6.45) is 2.91. The van der Waals surface area contributed by atoms with Crippen molar-refractivity contribution in [3.63, 3.8) is 0 Å². The highest BCUT2D eigenvalue weighted by Crippen LogP contribution is 2.15. The molecule has 0 radical (unpaired) electrons. The molecule has 0 unspecified atom stereocenters. The van der Waals surface area contributed by atoms with Gasteiger partial charge in [-0.25, -0.2) is 5.43 Å². The van der Waals surface area contributed by atoms with Crippen molar-refractivity contribution in [2.24, 2.45) is 5.10 Å². The number of nitrogens with one attached hydrogen (secondary N) is 1. The molecule has 4 nitrogen and oxygen atoms in total. The van der Waals surface area contributed by atoms with E-state index in [1.807, 2.05) is 55.5 Å². The van der Waals surface area contributed by atoms with Crippen LogP contribution < -0.4 is 10.2 Å². The first-order chi connectivity index (χ1) is 11.2. The third-order valence-corrected chi connectivity index (χ3v) is 3.41.